The zero-order valence-corrected chi connectivity index (χ0v) is 10.8. The lowest BCUT2D eigenvalue weighted by atomic mass is 10.1. The van der Waals surface area contributed by atoms with E-state index in [2.05, 4.69) is 9.72 Å². The van der Waals surface area contributed by atoms with Crippen LogP contribution in [0.25, 0.3) is 10.4 Å². The molecule has 0 aliphatic heterocycles. The first kappa shape index (κ1) is 12.8. The van der Waals surface area contributed by atoms with Crippen LogP contribution < -0.4 is 5.73 Å². The van der Waals surface area contributed by atoms with E-state index in [0.29, 0.717) is 4.88 Å². The molecule has 7 heteroatoms. The molecule has 0 fully saturated rings. The predicted octanol–water partition coefficient (Wildman–Crippen LogP) is 2.97. The van der Waals surface area contributed by atoms with Crippen molar-refractivity contribution in [2.24, 2.45) is 0 Å². The van der Waals surface area contributed by atoms with Gasteiger partial charge in [0.05, 0.1) is 17.0 Å². The molecule has 1 aromatic carbocycles. The number of rotatable bonds is 2. The van der Waals surface area contributed by atoms with Gasteiger partial charge < -0.3 is 10.5 Å². The Kier molecular flexibility index (Phi) is 3.49. The molecule has 0 aliphatic carbocycles. The van der Waals surface area contributed by atoms with E-state index in [1.54, 1.807) is 6.07 Å². The molecule has 18 heavy (non-hydrogen) atoms. The molecule has 0 bridgehead atoms. The summed E-state index contributed by atoms with van der Waals surface area (Å²) < 4.78 is 18.5. The molecule has 1 aromatic heterocycles. The number of methoxy groups -OCH3 is 1. The minimum Gasteiger partial charge on any atom is -0.464 e. The highest BCUT2D eigenvalue weighted by atomic mass is 35.5. The zero-order chi connectivity index (χ0) is 13.3. The average Bonchev–Trinajstić information content (AvgIpc) is 2.73. The third kappa shape index (κ3) is 2.16. The Hall–Kier alpha value is -1.66. The van der Waals surface area contributed by atoms with E-state index in [0.717, 1.165) is 11.3 Å². The lowest BCUT2D eigenvalue weighted by Gasteiger charge is -2.03. The molecule has 0 radical (unpaired) electrons. The maximum atomic E-state index is 13.9. The Labute approximate surface area is 111 Å². The maximum Gasteiger partial charge on any atom is 0.358 e. The minimum absolute atomic E-state index is 0.0128. The van der Waals surface area contributed by atoms with Crippen molar-refractivity contribution in [3.05, 3.63) is 34.7 Å². The smallest absolute Gasteiger partial charge is 0.358 e. The molecule has 0 saturated heterocycles. The normalized spacial score (nSPS) is 10.4. The Balaban J connectivity index is 2.64. The van der Waals surface area contributed by atoms with Crippen molar-refractivity contribution >= 4 is 34.0 Å². The average molecular weight is 287 g/mol. The van der Waals surface area contributed by atoms with Gasteiger partial charge in [-0.25, -0.2) is 14.2 Å². The van der Waals surface area contributed by atoms with Crippen molar-refractivity contribution < 1.29 is 13.9 Å². The number of carbonyl (C=O) groups is 1. The van der Waals surface area contributed by atoms with Gasteiger partial charge >= 0.3 is 5.97 Å². The number of halogens is 2. The SMILES string of the molecule is COC(=O)c1nc(N)sc1-c1cccc(Cl)c1F. The summed E-state index contributed by atoms with van der Waals surface area (Å²) in [6, 6.07) is 4.50. The molecule has 0 unspecified atom stereocenters. The van der Waals surface area contributed by atoms with Crippen molar-refractivity contribution in [3.8, 4) is 10.4 Å². The first-order chi connectivity index (χ1) is 8.54. The van der Waals surface area contributed by atoms with Crippen molar-refractivity contribution in [2.75, 3.05) is 12.8 Å². The van der Waals surface area contributed by atoms with Crippen molar-refractivity contribution in [3.63, 3.8) is 0 Å². The van der Waals surface area contributed by atoms with Crippen LogP contribution in [0.2, 0.25) is 5.02 Å². The maximum absolute atomic E-state index is 13.9. The summed E-state index contributed by atoms with van der Waals surface area (Å²) >= 11 is 6.70. The van der Waals surface area contributed by atoms with Crippen LogP contribution in [0.5, 0.6) is 0 Å². The highest BCUT2D eigenvalue weighted by Crippen LogP contribution is 2.35. The molecule has 1 heterocycles. The standard InChI is InChI=1S/C11H8ClFN2O2S/c1-17-10(16)8-9(18-11(14)15-8)5-3-2-4-6(12)7(5)13/h2-4H,1H3,(H2,14,15). The Morgan fingerprint density at radius 3 is 2.94 bits per heavy atom. The molecule has 0 amide bonds. The van der Waals surface area contributed by atoms with Gasteiger partial charge in [-0.3, -0.25) is 0 Å². The van der Waals surface area contributed by atoms with Crippen LogP contribution in [0.4, 0.5) is 9.52 Å². The molecule has 0 aliphatic rings. The number of aromatic nitrogens is 1. The number of carbonyl (C=O) groups excluding carboxylic acids is 1. The second-order valence-corrected chi connectivity index (χ2v) is 4.76. The molecule has 0 atom stereocenters. The molecular formula is C11H8ClFN2O2S. The fraction of sp³-hybridized carbons (Fsp3) is 0.0909. The van der Waals surface area contributed by atoms with Crippen LogP contribution in [0.15, 0.2) is 18.2 Å². The molecule has 0 spiro atoms. The summed E-state index contributed by atoms with van der Waals surface area (Å²) in [5, 5.41) is 0.125. The van der Waals surface area contributed by atoms with Gasteiger partial charge in [-0.05, 0) is 6.07 Å². The van der Waals surface area contributed by atoms with Crippen molar-refractivity contribution in [1.29, 1.82) is 0 Å². The van der Waals surface area contributed by atoms with E-state index in [1.807, 2.05) is 0 Å². The Bertz CT molecular complexity index is 615. The number of nitrogens with zero attached hydrogens (tertiary/aromatic N) is 1. The Morgan fingerprint density at radius 1 is 1.56 bits per heavy atom. The summed E-state index contributed by atoms with van der Waals surface area (Å²) in [5.74, 6) is -1.29. The third-order valence-electron chi connectivity index (χ3n) is 2.22. The lowest BCUT2D eigenvalue weighted by Crippen LogP contribution is -2.04. The molecular weight excluding hydrogens is 279 g/mol. The molecule has 4 nitrogen and oxygen atoms in total. The van der Waals surface area contributed by atoms with Crippen LogP contribution >= 0.6 is 22.9 Å². The van der Waals surface area contributed by atoms with Crippen LogP contribution in [-0.2, 0) is 4.74 Å². The zero-order valence-electron chi connectivity index (χ0n) is 9.24. The highest BCUT2D eigenvalue weighted by Gasteiger charge is 2.22. The van der Waals surface area contributed by atoms with Crippen LogP contribution in [-0.4, -0.2) is 18.1 Å². The summed E-state index contributed by atoms with van der Waals surface area (Å²) in [6.07, 6.45) is 0. The number of nitrogen functional groups attached to an aromatic ring is 1. The van der Waals surface area contributed by atoms with Gasteiger partial charge in [0.15, 0.2) is 10.8 Å². The number of nitrogens with two attached hydrogens (primary N) is 1. The van der Waals surface area contributed by atoms with E-state index in [-0.39, 0.29) is 21.4 Å². The summed E-state index contributed by atoms with van der Waals surface area (Å²) in [5.41, 5.74) is 5.71. The van der Waals surface area contributed by atoms with Gasteiger partial charge in [-0.15, -0.1) is 0 Å². The molecule has 2 rings (SSSR count). The second-order valence-electron chi connectivity index (χ2n) is 3.32. The van der Waals surface area contributed by atoms with Gasteiger partial charge in [0.25, 0.3) is 0 Å². The van der Waals surface area contributed by atoms with Gasteiger partial charge in [0.2, 0.25) is 0 Å². The van der Waals surface area contributed by atoms with Gasteiger partial charge in [0.1, 0.15) is 5.82 Å². The number of benzene rings is 1. The van der Waals surface area contributed by atoms with Gasteiger partial charge in [0, 0.05) is 5.56 Å². The summed E-state index contributed by atoms with van der Waals surface area (Å²) in [6.45, 7) is 0. The highest BCUT2D eigenvalue weighted by molar-refractivity contribution is 7.19. The van der Waals surface area contributed by atoms with E-state index >= 15 is 0 Å². The molecule has 2 N–H and O–H groups in total. The lowest BCUT2D eigenvalue weighted by molar-refractivity contribution is 0.0596. The molecule has 2 aromatic rings. The second kappa shape index (κ2) is 4.91. The molecule has 94 valence electrons. The van der Waals surface area contributed by atoms with Gasteiger partial charge in [-0.2, -0.15) is 0 Å². The van der Waals surface area contributed by atoms with Crippen molar-refractivity contribution in [1.82, 2.24) is 4.98 Å². The van der Waals surface area contributed by atoms with Crippen LogP contribution in [0, 0.1) is 5.82 Å². The molecule has 0 saturated carbocycles. The van der Waals surface area contributed by atoms with Gasteiger partial charge in [-0.1, -0.05) is 35.1 Å². The van der Waals surface area contributed by atoms with E-state index in [4.69, 9.17) is 17.3 Å². The summed E-state index contributed by atoms with van der Waals surface area (Å²) in [7, 11) is 1.22. The van der Waals surface area contributed by atoms with E-state index in [9.17, 15) is 9.18 Å². The number of esters is 1. The number of thiazole rings is 1. The fourth-order valence-corrected chi connectivity index (χ4v) is 2.45. The number of hydrogen-bond donors (Lipinski definition) is 1. The monoisotopic (exact) mass is 286 g/mol. The van der Waals surface area contributed by atoms with Crippen molar-refractivity contribution in [2.45, 2.75) is 0 Å². The number of anilines is 1. The van der Waals surface area contributed by atoms with E-state index < -0.39 is 11.8 Å². The largest absolute Gasteiger partial charge is 0.464 e. The fourth-order valence-electron chi connectivity index (χ4n) is 1.43. The quantitative estimate of drug-likeness (QED) is 0.862. The summed E-state index contributed by atoms with van der Waals surface area (Å²) in [4.78, 5) is 15.7. The number of hydrogen-bond acceptors (Lipinski definition) is 5. The predicted molar refractivity (Wildman–Crippen MR) is 68.3 cm³/mol. The van der Waals surface area contributed by atoms with E-state index in [1.165, 1.54) is 19.2 Å². The Morgan fingerprint density at radius 2 is 2.28 bits per heavy atom. The minimum atomic E-state index is -0.669. The van der Waals surface area contributed by atoms with Crippen LogP contribution in [0.3, 0.4) is 0 Å². The third-order valence-corrected chi connectivity index (χ3v) is 3.43. The topological polar surface area (TPSA) is 65.2 Å². The first-order valence-electron chi connectivity index (χ1n) is 4.83. The number of ether oxygens (including phenoxy) is 1. The van der Waals surface area contributed by atoms with Crippen LogP contribution in [0.1, 0.15) is 10.5 Å². The first-order valence-corrected chi connectivity index (χ1v) is 6.03.